The Morgan fingerprint density at radius 1 is 1.22 bits per heavy atom. The van der Waals surface area contributed by atoms with E-state index in [0.717, 1.165) is 17.0 Å². The normalized spacial score (nSPS) is 11.4. The average Bonchev–Trinajstić information content (AvgIpc) is 2.50. The smallest absolute Gasteiger partial charge is 0.250 e. The van der Waals surface area contributed by atoms with E-state index in [0.29, 0.717) is 10.9 Å². The summed E-state index contributed by atoms with van der Waals surface area (Å²) in [5, 5.41) is 4.58. The summed E-state index contributed by atoms with van der Waals surface area (Å²) in [4.78, 5) is 20.3. The summed E-state index contributed by atoms with van der Waals surface area (Å²) in [5.74, 6) is -0.391. The molecule has 1 amide bonds. The van der Waals surface area contributed by atoms with Gasteiger partial charge in [0.15, 0.2) is 5.16 Å². The molecule has 1 aromatic heterocycles. The maximum atomic E-state index is 12.9. The number of rotatable bonds is 5. The molecule has 0 aliphatic heterocycles. The predicted molar refractivity (Wildman–Crippen MR) is 89.0 cm³/mol. The summed E-state index contributed by atoms with van der Waals surface area (Å²) in [7, 11) is 0. The van der Waals surface area contributed by atoms with Crippen LogP contribution in [0.1, 0.15) is 23.9 Å². The number of hydrogen-bond donors (Lipinski definition) is 1. The summed E-state index contributed by atoms with van der Waals surface area (Å²) in [6.07, 6.45) is 0. The number of aromatic nitrogens is 2. The van der Waals surface area contributed by atoms with Gasteiger partial charge in [-0.15, -0.1) is 0 Å². The molecule has 1 N–H and O–H groups in total. The molecule has 0 aliphatic carbocycles. The molecule has 120 valence electrons. The van der Waals surface area contributed by atoms with Crippen molar-refractivity contribution in [1.82, 2.24) is 15.4 Å². The van der Waals surface area contributed by atoms with E-state index in [1.807, 2.05) is 19.9 Å². The third-order valence-electron chi connectivity index (χ3n) is 2.90. The summed E-state index contributed by atoms with van der Waals surface area (Å²) in [5.41, 5.74) is 5.56. The number of hydrogen-bond acceptors (Lipinski definition) is 5. The number of nitrogens with zero attached hydrogens (tertiary/aromatic N) is 3. The highest BCUT2D eigenvalue weighted by molar-refractivity contribution is 7.99. The van der Waals surface area contributed by atoms with Crippen molar-refractivity contribution < 1.29 is 9.18 Å². The highest BCUT2D eigenvalue weighted by Gasteiger charge is 2.06. The number of carbonyl (C=O) groups is 1. The largest absolute Gasteiger partial charge is 0.272 e. The van der Waals surface area contributed by atoms with E-state index in [1.54, 1.807) is 19.1 Å². The Hall–Kier alpha value is -2.28. The van der Waals surface area contributed by atoms with Crippen LogP contribution in [0, 0.1) is 19.7 Å². The standard InChI is InChI=1S/C16H17FN4OS/c1-10-8-11(2)19-16(18-10)23-9-15(22)21-20-12(3)13-4-6-14(17)7-5-13/h4-8H,9H2,1-3H3,(H,21,22)/b20-12-. The van der Waals surface area contributed by atoms with E-state index >= 15 is 0 Å². The molecule has 0 bridgehead atoms. The van der Waals surface area contributed by atoms with Crippen LogP contribution in [0.3, 0.4) is 0 Å². The SMILES string of the molecule is C/C(=N/NC(=O)CSc1nc(C)cc(C)n1)c1ccc(F)cc1. The van der Waals surface area contributed by atoms with Crippen LogP contribution in [-0.2, 0) is 4.79 Å². The van der Waals surface area contributed by atoms with Gasteiger partial charge >= 0.3 is 0 Å². The van der Waals surface area contributed by atoms with E-state index in [9.17, 15) is 9.18 Å². The van der Waals surface area contributed by atoms with Crippen molar-refractivity contribution in [2.24, 2.45) is 5.10 Å². The molecule has 23 heavy (non-hydrogen) atoms. The molecular formula is C16H17FN4OS. The molecule has 2 rings (SSSR count). The number of amides is 1. The fraction of sp³-hybridized carbons (Fsp3) is 0.250. The molecule has 0 radical (unpaired) electrons. The van der Waals surface area contributed by atoms with Gasteiger partial charge in [0.05, 0.1) is 11.5 Å². The molecule has 2 aromatic rings. The highest BCUT2D eigenvalue weighted by Crippen LogP contribution is 2.13. The van der Waals surface area contributed by atoms with E-state index < -0.39 is 0 Å². The van der Waals surface area contributed by atoms with Gasteiger partial charge in [-0.3, -0.25) is 4.79 Å². The van der Waals surface area contributed by atoms with Crippen molar-refractivity contribution in [1.29, 1.82) is 0 Å². The molecule has 1 aromatic carbocycles. The zero-order chi connectivity index (χ0) is 16.8. The zero-order valence-corrected chi connectivity index (χ0v) is 13.9. The van der Waals surface area contributed by atoms with Gasteiger partial charge in [0.2, 0.25) is 0 Å². The topological polar surface area (TPSA) is 67.2 Å². The fourth-order valence-corrected chi connectivity index (χ4v) is 2.56. The lowest BCUT2D eigenvalue weighted by Crippen LogP contribution is -2.21. The first-order chi connectivity index (χ1) is 10.9. The molecular weight excluding hydrogens is 315 g/mol. The van der Waals surface area contributed by atoms with Crippen molar-refractivity contribution in [2.75, 3.05) is 5.75 Å². The van der Waals surface area contributed by atoms with Gasteiger partial charge in [-0.1, -0.05) is 23.9 Å². The molecule has 7 heteroatoms. The summed E-state index contributed by atoms with van der Waals surface area (Å²) >= 11 is 1.25. The third-order valence-corrected chi connectivity index (χ3v) is 3.75. The predicted octanol–water partition coefficient (Wildman–Crippen LogP) is 2.87. The second-order valence-electron chi connectivity index (χ2n) is 4.96. The summed E-state index contributed by atoms with van der Waals surface area (Å²) < 4.78 is 12.9. The van der Waals surface area contributed by atoms with Crippen LogP contribution in [0.2, 0.25) is 0 Å². The van der Waals surface area contributed by atoms with Crippen molar-refractivity contribution in [2.45, 2.75) is 25.9 Å². The monoisotopic (exact) mass is 332 g/mol. The van der Waals surface area contributed by atoms with Gasteiger partial charge in [0.25, 0.3) is 5.91 Å². The number of thioether (sulfide) groups is 1. The van der Waals surface area contributed by atoms with Crippen molar-refractivity contribution >= 4 is 23.4 Å². The third kappa shape index (κ3) is 5.45. The average molecular weight is 332 g/mol. The van der Waals surface area contributed by atoms with E-state index in [4.69, 9.17) is 0 Å². The van der Waals surface area contributed by atoms with Crippen molar-refractivity contribution in [3.63, 3.8) is 0 Å². The second kappa shape index (κ2) is 7.82. The van der Waals surface area contributed by atoms with Crippen LogP contribution in [0.5, 0.6) is 0 Å². The molecule has 0 saturated heterocycles. The van der Waals surface area contributed by atoms with Gasteiger partial charge < -0.3 is 0 Å². The van der Waals surface area contributed by atoms with E-state index in [-0.39, 0.29) is 17.5 Å². The number of nitrogens with one attached hydrogen (secondary N) is 1. The Morgan fingerprint density at radius 2 is 1.83 bits per heavy atom. The Bertz CT molecular complexity index is 711. The second-order valence-corrected chi connectivity index (χ2v) is 5.90. The number of halogens is 1. The highest BCUT2D eigenvalue weighted by atomic mass is 32.2. The van der Waals surface area contributed by atoms with E-state index in [1.165, 1.54) is 23.9 Å². The molecule has 1 heterocycles. The number of benzene rings is 1. The maximum Gasteiger partial charge on any atom is 0.250 e. The van der Waals surface area contributed by atoms with Crippen LogP contribution in [0.4, 0.5) is 4.39 Å². The molecule has 0 unspecified atom stereocenters. The number of carbonyl (C=O) groups excluding carboxylic acids is 1. The zero-order valence-electron chi connectivity index (χ0n) is 13.1. The molecule has 0 fully saturated rings. The molecule has 0 aliphatic rings. The quantitative estimate of drug-likeness (QED) is 0.396. The van der Waals surface area contributed by atoms with Gasteiger partial charge in [0.1, 0.15) is 5.82 Å². The summed E-state index contributed by atoms with van der Waals surface area (Å²) in [6.45, 7) is 5.51. The molecule has 0 atom stereocenters. The van der Waals surface area contributed by atoms with Crippen LogP contribution in [0.15, 0.2) is 40.6 Å². The number of aryl methyl sites for hydroxylation is 2. The van der Waals surface area contributed by atoms with E-state index in [2.05, 4.69) is 20.5 Å². The van der Waals surface area contributed by atoms with Crippen LogP contribution in [-0.4, -0.2) is 27.3 Å². The maximum absolute atomic E-state index is 12.9. The van der Waals surface area contributed by atoms with Gasteiger partial charge in [-0.25, -0.2) is 19.8 Å². The van der Waals surface area contributed by atoms with Crippen LogP contribution >= 0.6 is 11.8 Å². The Morgan fingerprint density at radius 3 is 2.43 bits per heavy atom. The Balaban J connectivity index is 1.89. The fourth-order valence-electron chi connectivity index (χ4n) is 1.82. The van der Waals surface area contributed by atoms with Crippen LogP contribution in [0.25, 0.3) is 0 Å². The Kier molecular flexibility index (Phi) is 5.81. The lowest BCUT2D eigenvalue weighted by atomic mass is 10.1. The number of hydrazone groups is 1. The van der Waals surface area contributed by atoms with Gasteiger partial charge in [0, 0.05) is 11.4 Å². The molecule has 0 spiro atoms. The first-order valence-electron chi connectivity index (χ1n) is 6.98. The Labute approximate surface area is 138 Å². The first kappa shape index (κ1) is 17.1. The van der Waals surface area contributed by atoms with Crippen LogP contribution < -0.4 is 5.43 Å². The van der Waals surface area contributed by atoms with Gasteiger partial charge in [-0.05, 0) is 44.5 Å². The van der Waals surface area contributed by atoms with Crippen molar-refractivity contribution in [3.05, 3.63) is 53.1 Å². The minimum Gasteiger partial charge on any atom is -0.272 e. The van der Waals surface area contributed by atoms with Gasteiger partial charge in [-0.2, -0.15) is 5.10 Å². The van der Waals surface area contributed by atoms with Crippen molar-refractivity contribution in [3.8, 4) is 0 Å². The lowest BCUT2D eigenvalue weighted by Gasteiger charge is -2.04. The molecule has 5 nitrogen and oxygen atoms in total. The summed E-state index contributed by atoms with van der Waals surface area (Å²) in [6, 6.07) is 7.80. The minimum absolute atomic E-state index is 0.170. The first-order valence-corrected chi connectivity index (χ1v) is 7.97. The molecule has 0 saturated carbocycles. The lowest BCUT2D eigenvalue weighted by molar-refractivity contribution is -0.118. The minimum atomic E-state index is -0.310.